The van der Waals surface area contributed by atoms with Crippen molar-refractivity contribution in [3.8, 4) is 0 Å². The maximum atomic E-state index is 11.7. The van der Waals surface area contributed by atoms with Gasteiger partial charge in [0.2, 0.25) is 5.91 Å². The van der Waals surface area contributed by atoms with E-state index in [4.69, 9.17) is 5.11 Å². The monoisotopic (exact) mass is 256 g/mol. The number of carbonyl (C=O) groups excluding carboxylic acids is 1. The van der Waals surface area contributed by atoms with Gasteiger partial charge in [0.25, 0.3) is 0 Å². The molecule has 1 fully saturated rings. The normalized spacial score (nSPS) is 18.6. The van der Waals surface area contributed by atoms with Gasteiger partial charge in [0.05, 0.1) is 6.54 Å². The fourth-order valence-corrected chi connectivity index (χ4v) is 2.23. The molecule has 0 radical (unpaired) electrons. The first-order valence-electron chi connectivity index (χ1n) is 6.56. The van der Waals surface area contributed by atoms with Crippen LogP contribution in [-0.2, 0) is 9.59 Å². The fourth-order valence-electron chi connectivity index (χ4n) is 2.23. The van der Waals surface area contributed by atoms with Gasteiger partial charge in [-0.05, 0) is 18.3 Å². The van der Waals surface area contributed by atoms with Crippen molar-refractivity contribution in [2.24, 2.45) is 5.41 Å². The molecule has 3 N–H and O–H groups in total. The van der Waals surface area contributed by atoms with Crippen LogP contribution in [0.4, 0.5) is 0 Å². The van der Waals surface area contributed by atoms with Crippen LogP contribution >= 0.6 is 0 Å². The van der Waals surface area contributed by atoms with E-state index in [0.717, 1.165) is 12.8 Å². The molecule has 1 saturated carbocycles. The lowest BCUT2D eigenvalue weighted by molar-refractivity contribution is -0.144. The quantitative estimate of drug-likeness (QED) is 0.689. The first kappa shape index (κ1) is 15.0. The Balaban J connectivity index is 2.39. The molecule has 0 spiro atoms. The summed E-state index contributed by atoms with van der Waals surface area (Å²) in [6, 6.07) is -0.441. The number of hydrogen-bond donors (Lipinski definition) is 3. The van der Waals surface area contributed by atoms with Gasteiger partial charge < -0.3 is 15.7 Å². The van der Waals surface area contributed by atoms with Gasteiger partial charge in [-0.25, -0.2) is 4.79 Å². The summed E-state index contributed by atoms with van der Waals surface area (Å²) >= 11 is 0. The Morgan fingerprint density at radius 1 is 1.28 bits per heavy atom. The number of carbonyl (C=O) groups is 2. The summed E-state index contributed by atoms with van der Waals surface area (Å²) in [5, 5.41) is 14.9. The van der Waals surface area contributed by atoms with Gasteiger partial charge in [-0.2, -0.15) is 0 Å². The number of carboxylic acid groups (broad SMARTS) is 1. The second-order valence-electron chi connectivity index (χ2n) is 6.07. The Morgan fingerprint density at radius 3 is 2.28 bits per heavy atom. The minimum atomic E-state index is -0.989. The minimum absolute atomic E-state index is 0.199. The maximum Gasteiger partial charge on any atom is 0.326 e. The largest absolute Gasteiger partial charge is 0.480 e. The average Bonchev–Trinajstić information content (AvgIpc) is 2.73. The molecule has 0 aromatic rings. The zero-order valence-corrected chi connectivity index (χ0v) is 11.5. The van der Waals surface area contributed by atoms with Crippen LogP contribution in [0.15, 0.2) is 0 Å². The van der Waals surface area contributed by atoms with Crippen LogP contribution < -0.4 is 10.6 Å². The fraction of sp³-hybridized carbons (Fsp3) is 0.846. The van der Waals surface area contributed by atoms with Crippen molar-refractivity contribution in [2.45, 2.75) is 58.5 Å². The minimum Gasteiger partial charge on any atom is -0.480 e. The van der Waals surface area contributed by atoms with E-state index in [9.17, 15) is 9.59 Å². The van der Waals surface area contributed by atoms with Crippen LogP contribution in [-0.4, -0.2) is 35.6 Å². The molecule has 0 aromatic carbocycles. The summed E-state index contributed by atoms with van der Waals surface area (Å²) in [6.45, 7) is 5.61. The maximum absolute atomic E-state index is 11.7. The summed E-state index contributed by atoms with van der Waals surface area (Å²) in [7, 11) is 0. The first-order valence-corrected chi connectivity index (χ1v) is 6.56. The van der Waals surface area contributed by atoms with Gasteiger partial charge in [0.1, 0.15) is 6.04 Å². The van der Waals surface area contributed by atoms with E-state index in [0.29, 0.717) is 6.04 Å². The number of carboxylic acids is 1. The zero-order chi connectivity index (χ0) is 13.8. The molecule has 0 unspecified atom stereocenters. The van der Waals surface area contributed by atoms with Crippen molar-refractivity contribution >= 4 is 11.9 Å². The third kappa shape index (κ3) is 4.64. The van der Waals surface area contributed by atoms with Crippen LogP contribution in [0, 0.1) is 5.41 Å². The number of amides is 1. The van der Waals surface area contributed by atoms with Gasteiger partial charge in [-0.3, -0.25) is 4.79 Å². The Kier molecular flexibility index (Phi) is 5.14. The highest BCUT2D eigenvalue weighted by Gasteiger charge is 2.32. The first-order chi connectivity index (χ1) is 8.30. The van der Waals surface area contributed by atoms with Gasteiger partial charge in [0, 0.05) is 6.04 Å². The molecule has 0 aromatic heterocycles. The SMILES string of the molecule is CC(C)(C)[C@H](NC(=O)CNC1CCCC1)C(=O)O. The van der Waals surface area contributed by atoms with Gasteiger partial charge in [-0.15, -0.1) is 0 Å². The van der Waals surface area contributed by atoms with E-state index >= 15 is 0 Å². The van der Waals surface area contributed by atoms with Crippen molar-refractivity contribution in [1.82, 2.24) is 10.6 Å². The molecule has 0 heterocycles. The molecule has 18 heavy (non-hydrogen) atoms. The van der Waals surface area contributed by atoms with Crippen molar-refractivity contribution in [3.63, 3.8) is 0 Å². The highest BCUT2D eigenvalue weighted by Crippen LogP contribution is 2.19. The highest BCUT2D eigenvalue weighted by molar-refractivity contribution is 5.85. The molecule has 1 atom stereocenters. The van der Waals surface area contributed by atoms with Crippen molar-refractivity contribution in [1.29, 1.82) is 0 Å². The number of rotatable bonds is 5. The molecule has 0 bridgehead atoms. The predicted octanol–water partition coefficient (Wildman–Crippen LogP) is 1.13. The third-order valence-electron chi connectivity index (χ3n) is 3.32. The molecule has 5 nitrogen and oxygen atoms in total. The highest BCUT2D eigenvalue weighted by atomic mass is 16.4. The number of nitrogens with one attached hydrogen (secondary N) is 2. The van der Waals surface area contributed by atoms with E-state index in [1.807, 2.05) is 0 Å². The molecule has 104 valence electrons. The van der Waals surface area contributed by atoms with Crippen LogP contribution in [0.25, 0.3) is 0 Å². The lowest BCUT2D eigenvalue weighted by Crippen LogP contribution is -2.51. The Morgan fingerprint density at radius 2 is 1.83 bits per heavy atom. The Labute approximate surface area is 108 Å². The summed E-state index contributed by atoms with van der Waals surface area (Å²) < 4.78 is 0. The molecule has 1 amide bonds. The van der Waals surface area contributed by atoms with Crippen LogP contribution in [0.3, 0.4) is 0 Å². The second-order valence-corrected chi connectivity index (χ2v) is 6.07. The van der Waals surface area contributed by atoms with Gasteiger partial charge >= 0.3 is 5.97 Å². The second kappa shape index (κ2) is 6.18. The smallest absolute Gasteiger partial charge is 0.326 e. The van der Waals surface area contributed by atoms with Gasteiger partial charge in [-0.1, -0.05) is 33.6 Å². The summed E-state index contributed by atoms with van der Waals surface area (Å²) in [6.07, 6.45) is 4.63. The van der Waals surface area contributed by atoms with Crippen LogP contribution in [0.5, 0.6) is 0 Å². The third-order valence-corrected chi connectivity index (χ3v) is 3.32. The molecule has 1 aliphatic carbocycles. The Hall–Kier alpha value is -1.10. The lowest BCUT2D eigenvalue weighted by atomic mass is 9.87. The van der Waals surface area contributed by atoms with E-state index in [1.54, 1.807) is 20.8 Å². The van der Waals surface area contributed by atoms with Crippen LogP contribution in [0.1, 0.15) is 46.5 Å². The van der Waals surface area contributed by atoms with E-state index in [1.165, 1.54) is 12.8 Å². The van der Waals surface area contributed by atoms with Crippen molar-refractivity contribution in [2.75, 3.05) is 6.54 Å². The van der Waals surface area contributed by atoms with E-state index in [-0.39, 0.29) is 12.5 Å². The molecular weight excluding hydrogens is 232 g/mol. The van der Waals surface area contributed by atoms with Crippen LogP contribution in [0.2, 0.25) is 0 Å². The lowest BCUT2D eigenvalue weighted by Gasteiger charge is -2.28. The number of aliphatic carboxylic acids is 1. The standard InChI is InChI=1S/C13H24N2O3/c1-13(2,3)11(12(17)18)15-10(16)8-14-9-6-4-5-7-9/h9,11,14H,4-8H2,1-3H3,(H,15,16)(H,17,18)/t11-/m1/s1. The molecule has 1 rings (SSSR count). The van der Waals surface area contributed by atoms with Crippen molar-refractivity contribution < 1.29 is 14.7 Å². The summed E-state index contributed by atoms with van der Waals surface area (Å²) in [5.74, 6) is -1.24. The molecule has 1 aliphatic rings. The summed E-state index contributed by atoms with van der Waals surface area (Å²) in [4.78, 5) is 22.8. The van der Waals surface area contributed by atoms with E-state index < -0.39 is 17.4 Å². The average molecular weight is 256 g/mol. The van der Waals surface area contributed by atoms with E-state index in [2.05, 4.69) is 10.6 Å². The predicted molar refractivity (Wildman–Crippen MR) is 69.3 cm³/mol. The Bertz CT molecular complexity index is 304. The molecule has 0 aliphatic heterocycles. The molecule has 5 heteroatoms. The molecular formula is C13H24N2O3. The van der Waals surface area contributed by atoms with Gasteiger partial charge in [0.15, 0.2) is 0 Å². The number of hydrogen-bond acceptors (Lipinski definition) is 3. The van der Waals surface area contributed by atoms with Crippen molar-refractivity contribution in [3.05, 3.63) is 0 Å². The summed E-state index contributed by atoms with van der Waals surface area (Å²) in [5.41, 5.74) is -0.491. The zero-order valence-electron chi connectivity index (χ0n) is 11.5. The topological polar surface area (TPSA) is 78.4 Å². The molecule has 0 saturated heterocycles.